The third-order valence-electron chi connectivity index (χ3n) is 7.89. The molecular weight excluding hydrogens is 418 g/mol. The summed E-state index contributed by atoms with van der Waals surface area (Å²) < 4.78 is 0. The lowest BCUT2D eigenvalue weighted by Crippen LogP contribution is -2.51. The molecule has 3 fully saturated rings. The topological polar surface area (TPSA) is 76.2 Å². The van der Waals surface area contributed by atoms with Gasteiger partial charge in [-0.3, -0.25) is 19.7 Å². The molecule has 1 unspecified atom stereocenters. The number of carbonyl (C=O) groups is 3. The second kappa shape index (κ2) is 10.1. The Labute approximate surface area is 196 Å². The molecule has 1 aromatic carbocycles. The minimum Gasteiger partial charge on any atom is -0.371 e. The maximum atomic E-state index is 12.4. The average Bonchev–Trinajstić information content (AvgIpc) is 2.83. The second-order valence-corrected chi connectivity index (χ2v) is 9.93. The van der Waals surface area contributed by atoms with E-state index >= 15 is 0 Å². The Bertz CT molecular complexity index is 875. The molecule has 4 rings (SSSR count). The van der Waals surface area contributed by atoms with Crippen LogP contribution in [0.15, 0.2) is 18.2 Å². The van der Waals surface area contributed by atoms with E-state index in [1.807, 2.05) is 18.0 Å². The van der Waals surface area contributed by atoms with Gasteiger partial charge in [0.15, 0.2) is 0 Å². The molecule has 180 valence electrons. The highest BCUT2D eigenvalue weighted by molar-refractivity contribution is 6.02. The van der Waals surface area contributed by atoms with Gasteiger partial charge in [-0.15, -0.1) is 0 Å². The van der Waals surface area contributed by atoms with Crippen LogP contribution in [0.1, 0.15) is 38.5 Å². The van der Waals surface area contributed by atoms with Gasteiger partial charge < -0.3 is 19.6 Å². The van der Waals surface area contributed by atoms with Gasteiger partial charge >= 0.3 is 0 Å². The predicted molar refractivity (Wildman–Crippen MR) is 131 cm³/mol. The first kappa shape index (κ1) is 23.5. The lowest BCUT2D eigenvalue weighted by molar-refractivity contribution is -0.134. The molecule has 3 heterocycles. The van der Waals surface area contributed by atoms with Crippen LogP contribution >= 0.6 is 0 Å². The van der Waals surface area contributed by atoms with Gasteiger partial charge in [-0.2, -0.15) is 0 Å². The van der Waals surface area contributed by atoms with Gasteiger partial charge in [-0.1, -0.05) is 0 Å². The molecule has 33 heavy (non-hydrogen) atoms. The monoisotopic (exact) mass is 455 g/mol. The van der Waals surface area contributed by atoms with Crippen molar-refractivity contribution in [1.82, 2.24) is 10.2 Å². The highest BCUT2D eigenvalue weighted by Gasteiger charge is 2.32. The van der Waals surface area contributed by atoms with E-state index in [2.05, 4.69) is 34.3 Å². The number of hydrogen-bond acceptors (Lipinski definition) is 6. The molecule has 0 spiro atoms. The molecule has 0 aromatic heterocycles. The third kappa shape index (κ3) is 5.16. The highest BCUT2D eigenvalue weighted by atomic mass is 16.2. The molecule has 1 N–H and O–H groups in total. The van der Waals surface area contributed by atoms with Crippen LogP contribution in [0.4, 0.5) is 17.1 Å². The van der Waals surface area contributed by atoms with Crippen LogP contribution < -0.4 is 20.0 Å². The standard InChI is InChI=1S/C25H37N5O3/c1-27-12-8-18(9-13-27)19-10-14-30(15-11-19)20-4-5-21(23(16-20)28(2)17-31)29(3)22-6-7-24(32)26-25(22)33/h4-5,16-19,22H,6-15H2,1-3H3,(H,26,32,33). The number of nitrogens with zero attached hydrogens (tertiary/aromatic N) is 4. The minimum absolute atomic E-state index is 0.228. The maximum Gasteiger partial charge on any atom is 0.249 e. The number of anilines is 3. The van der Waals surface area contributed by atoms with Crippen molar-refractivity contribution in [2.75, 3.05) is 62.0 Å². The van der Waals surface area contributed by atoms with Crippen molar-refractivity contribution in [3.63, 3.8) is 0 Å². The second-order valence-electron chi connectivity index (χ2n) is 9.93. The van der Waals surface area contributed by atoms with Crippen LogP contribution in [-0.4, -0.2) is 76.5 Å². The summed E-state index contributed by atoms with van der Waals surface area (Å²) in [5.41, 5.74) is 2.69. The van der Waals surface area contributed by atoms with Crippen LogP contribution in [-0.2, 0) is 14.4 Å². The van der Waals surface area contributed by atoms with Crippen LogP contribution in [0.3, 0.4) is 0 Å². The van der Waals surface area contributed by atoms with E-state index in [1.165, 1.54) is 38.8 Å². The number of amides is 3. The zero-order valence-electron chi connectivity index (χ0n) is 20.1. The summed E-state index contributed by atoms with van der Waals surface area (Å²) in [4.78, 5) is 43.9. The smallest absolute Gasteiger partial charge is 0.249 e. The van der Waals surface area contributed by atoms with Crippen molar-refractivity contribution < 1.29 is 14.4 Å². The molecule has 3 aliphatic rings. The van der Waals surface area contributed by atoms with Crippen molar-refractivity contribution >= 4 is 35.3 Å². The van der Waals surface area contributed by atoms with Gasteiger partial charge in [-0.05, 0) is 82.3 Å². The number of likely N-dealkylation sites (tertiary alicyclic amines) is 1. The van der Waals surface area contributed by atoms with E-state index in [4.69, 9.17) is 0 Å². The first-order valence-corrected chi connectivity index (χ1v) is 12.2. The number of nitrogens with one attached hydrogen (secondary N) is 1. The Morgan fingerprint density at radius 1 is 0.939 bits per heavy atom. The maximum absolute atomic E-state index is 12.4. The number of benzene rings is 1. The van der Waals surface area contributed by atoms with E-state index in [0.29, 0.717) is 12.8 Å². The van der Waals surface area contributed by atoms with Crippen molar-refractivity contribution in [3.05, 3.63) is 18.2 Å². The molecule has 0 aliphatic carbocycles. The van der Waals surface area contributed by atoms with E-state index in [0.717, 1.165) is 48.4 Å². The minimum atomic E-state index is -0.433. The Balaban J connectivity index is 1.47. The van der Waals surface area contributed by atoms with Crippen molar-refractivity contribution in [3.8, 4) is 0 Å². The average molecular weight is 456 g/mol. The van der Waals surface area contributed by atoms with E-state index in [-0.39, 0.29) is 11.8 Å². The Morgan fingerprint density at radius 3 is 2.18 bits per heavy atom. The number of hydrogen-bond donors (Lipinski definition) is 1. The fourth-order valence-corrected chi connectivity index (χ4v) is 5.69. The first-order chi connectivity index (χ1) is 15.9. The van der Waals surface area contributed by atoms with Crippen molar-refractivity contribution in [2.45, 2.75) is 44.6 Å². The Kier molecular flexibility index (Phi) is 7.22. The summed E-state index contributed by atoms with van der Waals surface area (Å²) in [6, 6.07) is 5.72. The predicted octanol–water partition coefficient (Wildman–Crippen LogP) is 2.08. The molecule has 1 aromatic rings. The van der Waals surface area contributed by atoms with Crippen LogP contribution in [0.5, 0.6) is 0 Å². The van der Waals surface area contributed by atoms with Crippen LogP contribution in [0.2, 0.25) is 0 Å². The zero-order chi connectivity index (χ0) is 23.5. The summed E-state index contributed by atoms with van der Waals surface area (Å²) in [6.45, 7) is 4.50. The van der Waals surface area contributed by atoms with Gasteiger partial charge in [0.1, 0.15) is 6.04 Å². The SMILES string of the molecule is CN1CCC(C2CCN(c3ccc(N(C)C4CCC(=O)NC4=O)c(N(C)C=O)c3)CC2)CC1. The molecule has 0 saturated carbocycles. The summed E-state index contributed by atoms with van der Waals surface area (Å²) >= 11 is 0. The summed E-state index contributed by atoms with van der Waals surface area (Å²) in [6.07, 6.45) is 6.65. The van der Waals surface area contributed by atoms with Crippen molar-refractivity contribution in [1.29, 1.82) is 0 Å². The van der Waals surface area contributed by atoms with Crippen LogP contribution in [0, 0.1) is 11.8 Å². The normalized spacial score (nSPS) is 23.4. The largest absolute Gasteiger partial charge is 0.371 e. The molecule has 1 atom stereocenters. The van der Waals surface area contributed by atoms with E-state index in [1.54, 1.807) is 11.9 Å². The number of likely N-dealkylation sites (N-methyl/N-ethyl adjacent to an activating group) is 1. The molecule has 0 radical (unpaired) electrons. The molecule has 0 bridgehead atoms. The highest BCUT2D eigenvalue weighted by Crippen LogP contribution is 2.37. The molecule has 3 aliphatic heterocycles. The molecular formula is C25H37N5O3. The number of piperidine rings is 3. The summed E-state index contributed by atoms with van der Waals surface area (Å²) in [5, 5.41) is 2.43. The fraction of sp³-hybridized carbons (Fsp3) is 0.640. The summed E-state index contributed by atoms with van der Waals surface area (Å²) in [5.74, 6) is 1.15. The van der Waals surface area contributed by atoms with Gasteiger partial charge in [0.2, 0.25) is 18.2 Å². The van der Waals surface area contributed by atoms with Crippen LogP contribution in [0.25, 0.3) is 0 Å². The Morgan fingerprint density at radius 2 is 1.58 bits per heavy atom. The van der Waals surface area contributed by atoms with Gasteiger partial charge in [0.05, 0.1) is 11.4 Å². The molecule has 3 amide bonds. The van der Waals surface area contributed by atoms with E-state index < -0.39 is 6.04 Å². The van der Waals surface area contributed by atoms with E-state index in [9.17, 15) is 14.4 Å². The number of carbonyl (C=O) groups excluding carboxylic acids is 3. The molecule has 8 heteroatoms. The number of rotatable bonds is 6. The first-order valence-electron chi connectivity index (χ1n) is 12.2. The summed E-state index contributed by atoms with van der Waals surface area (Å²) in [7, 11) is 5.80. The van der Waals surface area contributed by atoms with Gasteiger partial charge in [0.25, 0.3) is 0 Å². The lowest BCUT2D eigenvalue weighted by atomic mass is 9.79. The lowest BCUT2D eigenvalue weighted by Gasteiger charge is -2.40. The molecule has 3 saturated heterocycles. The molecule has 8 nitrogen and oxygen atoms in total. The third-order valence-corrected chi connectivity index (χ3v) is 7.89. The Hall–Kier alpha value is -2.61. The zero-order valence-corrected chi connectivity index (χ0v) is 20.1. The fourth-order valence-electron chi connectivity index (χ4n) is 5.69. The number of imide groups is 1. The van der Waals surface area contributed by atoms with Gasteiger partial charge in [0, 0.05) is 39.3 Å². The van der Waals surface area contributed by atoms with Crippen molar-refractivity contribution in [2.24, 2.45) is 11.8 Å². The van der Waals surface area contributed by atoms with Gasteiger partial charge in [-0.25, -0.2) is 0 Å². The quantitative estimate of drug-likeness (QED) is 0.523.